The maximum Gasteiger partial charge on any atom is 0.261 e. The van der Waals surface area contributed by atoms with Gasteiger partial charge in [-0.3, -0.25) is 14.6 Å². The largest absolute Gasteiger partial charge is 0.493 e. The van der Waals surface area contributed by atoms with E-state index < -0.39 is 5.91 Å². The lowest BCUT2D eigenvalue weighted by Gasteiger charge is -2.09. The predicted molar refractivity (Wildman–Crippen MR) is 104 cm³/mol. The van der Waals surface area contributed by atoms with Crippen LogP contribution in [0.4, 0.5) is 5.69 Å². The topological polar surface area (TPSA) is 84.1 Å². The zero-order valence-corrected chi connectivity index (χ0v) is 15.3. The van der Waals surface area contributed by atoms with Crippen LogP contribution in [0.3, 0.4) is 0 Å². The number of nitrogens with one attached hydrogen (secondary N) is 2. The molecular weight excluding hydrogens is 342 g/mol. The lowest BCUT2D eigenvalue weighted by molar-refractivity contribution is 0.102. The van der Waals surface area contributed by atoms with Crippen molar-refractivity contribution in [2.24, 2.45) is 0 Å². The van der Waals surface area contributed by atoms with Crippen molar-refractivity contribution in [3.8, 4) is 5.75 Å². The first-order valence-corrected chi connectivity index (χ1v) is 8.66. The summed E-state index contributed by atoms with van der Waals surface area (Å²) >= 11 is 0. The molecule has 0 aliphatic carbocycles. The van der Waals surface area contributed by atoms with E-state index in [2.05, 4.69) is 15.3 Å². The lowest BCUT2D eigenvalue weighted by Crippen LogP contribution is -2.25. The molecule has 2 heterocycles. The lowest BCUT2D eigenvalue weighted by atomic mass is 10.1. The van der Waals surface area contributed by atoms with Crippen molar-refractivity contribution >= 4 is 11.6 Å². The number of hydrogen-bond acceptors (Lipinski definition) is 4. The van der Waals surface area contributed by atoms with Crippen molar-refractivity contribution in [2.75, 3.05) is 11.9 Å². The van der Waals surface area contributed by atoms with E-state index in [0.29, 0.717) is 23.6 Å². The van der Waals surface area contributed by atoms with Gasteiger partial charge < -0.3 is 15.0 Å². The van der Waals surface area contributed by atoms with Crippen LogP contribution in [0.5, 0.6) is 5.75 Å². The Balaban J connectivity index is 1.59. The third kappa shape index (κ3) is 4.82. The van der Waals surface area contributed by atoms with E-state index >= 15 is 0 Å². The van der Waals surface area contributed by atoms with E-state index in [1.54, 1.807) is 56.6 Å². The fourth-order valence-electron chi connectivity index (χ4n) is 2.80. The van der Waals surface area contributed by atoms with Crippen LogP contribution < -0.4 is 15.6 Å². The molecule has 1 amide bonds. The van der Waals surface area contributed by atoms with Crippen LogP contribution >= 0.6 is 0 Å². The van der Waals surface area contributed by atoms with Gasteiger partial charge in [0.25, 0.3) is 11.5 Å². The highest BCUT2D eigenvalue weighted by Crippen LogP contribution is 2.17. The maximum atomic E-state index is 12.4. The number of aryl methyl sites for hydroxylation is 2. The molecule has 6 nitrogen and oxygen atoms in total. The van der Waals surface area contributed by atoms with Gasteiger partial charge in [0.1, 0.15) is 11.3 Å². The molecule has 1 aromatic carbocycles. The number of pyridine rings is 2. The molecule has 2 N–H and O–H groups in total. The van der Waals surface area contributed by atoms with Gasteiger partial charge in [-0.1, -0.05) is 0 Å². The average molecular weight is 363 g/mol. The van der Waals surface area contributed by atoms with Crippen LogP contribution in [0.15, 0.2) is 59.7 Å². The number of H-pyrrole nitrogens is 1. The highest BCUT2D eigenvalue weighted by molar-refractivity contribution is 6.05. The van der Waals surface area contributed by atoms with Gasteiger partial charge in [-0.15, -0.1) is 0 Å². The molecule has 3 rings (SSSR count). The molecule has 3 aromatic rings. The number of amides is 1. The number of carbonyl (C=O) groups excluding carboxylic acids is 1. The summed E-state index contributed by atoms with van der Waals surface area (Å²) in [5.41, 5.74) is 2.86. The van der Waals surface area contributed by atoms with Crippen molar-refractivity contribution in [2.45, 2.75) is 20.3 Å². The molecule has 27 heavy (non-hydrogen) atoms. The fraction of sp³-hybridized carbons (Fsp3) is 0.190. The van der Waals surface area contributed by atoms with Gasteiger partial charge in [0, 0.05) is 30.2 Å². The van der Waals surface area contributed by atoms with E-state index in [-0.39, 0.29) is 11.1 Å². The molecule has 6 heteroatoms. The number of carbonyl (C=O) groups is 1. The Morgan fingerprint density at radius 1 is 1.11 bits per heavy atom. The third-order valence-corrected chi connectivity index (χ3v) is 4.11. The smallest absolute Gasteiger partial charge is 0.261 e. The van der Waals surface area contributed by atoms with Crippen LogP contribution in [0.1, 0.15) is 27.2 Å². The van der Waals surface area contributed by atoms with E-state index in [1.165, 1.54) is 0 Å². The summed E-state index contributed by atoms with van der Waals surface area (Å²) in [7, 11) is 0. The summed E-state index contributed by atoms with van der Waals surface area (Å²) in [4.78, 5) is 31.1. The van der Waals surface area contributed by atoms with Crippen molar-refractivity contribution in [1.82, 2.24) is 9.97 Å². The van der Waals surface area contributed by atoms with E-state index in [1.807, 2.05) is 12.1 Å². The third-order valence-electron chi connectivity index (χ3n) is 4.11. The Morgan fingerprint density at radius 3 is 2.48 bits per heavy atom. The molecule has 0 unspecified atom stereocenters. The van der Waals surface area contributed by atoms with Crippen molar-refractivity contribution in [1.29, 1.82) is 0 Å². The van der Waals surface area contributed by atoms with Crippen LogP contribution in [0.2, 0.25) is 0 Å². The molecule has 2 aromatic heterocycles. The minimum absolute atomic E-state index is 0.123. The number of hydrogen-bond donors (Lipinski definition) is 2. The molecule has 0 bridgehead atoms. The van der Waals surface area contributed by atoms with Crippen molar-refractivity contribution < 1.29 is 9.53 Å². The van der Waals surface area contributed by atoms with Gasteiger partial charge in [-0.2, -0.15) is 0 Å². The highest BCUT2D eigenvalue weighted by Gasteiger charge is 2.14. The zero-order valence-electron chi connectivity index (χ0n) is 15.3. The SMILES string of the molecule is Cc1cc(C)c(C(=O)Nc2ccc(OCCc3ccncc3)cc2)c(=O)[nH]1. The quantitative estimate of drug-likeness (QED) is 0.704. The van der Waals surface area contributed by atoms with E-state index in [9.17, 15) is 9.59 Å². The van der Waals surface area contributed by atoms with Crippen LogP contribution in [-0.2, 0) is 6.42 Å². The van der Waals surface area contributed by atoms with E-state index in [4.69, 9.17) is 4.74 Å². The van der Waals surface area contributed by atoms with Gasteiger partial charge in [0.2, 0.25) is 0 Å². The first-order valence-electron chi connectivity index (χ1n) is 8.66. The van der Waals surface area contributed by atoms with Crippen LogP contribution in [-0.4, -0.2) is 22.5 Å². The summed E-state index contributed by atoms with van der Waals surface area (Å²) in [6.45, 7) is 4.08. The molecule has 0 aliphatic heterocycles. The average Bonchev–Trinajstić information content (AvgIpc) is 2.63. The number of benzene rings is 1. The number of ether oxygens (including phenoxy) is 1. The van der Waals surface area contributed by atoms with Crippen LogP contribution in [0.25, 0.3) is 0 Å². The molecule has 0 fully saturated rings. The summed E-state index contributed by atoms with van der Waals surface area (Å²) in [6.07, 6.45) is 4.30. The zero-order chi connectivity index (χ0) is 19.2. The first kappa shape index (κ1) is 18.4. The Morgan fingerprint density at radius 2 is 1.81 bits per heavy atom. The second-order valence-electron chi connectivity index (χ2n) is 6.27. The first-order chi connectivity index (χ1) is 13.0. The fourth-order valence-corrected chi connectivity index (χ4v) is 2.80. The Labute approximate surface area is 157 Å². The number of aromatic nitrogens is 2. The van der Waals surface area contributed by atoms with Crippen molar-refractivity contribution in [3.05, 3.63) is 87.6 Å². The summed E-state index contributed by atoms with van der Waals surface area (Å²) in [5.74, 6) is 0.284. The molecule has 0 spiro atoms. The molecular formula is C21H21N3O3. The minimum atomic E-state index is -0.430. The Bertz CT molecular complexity index is 980. The Hall–Kier alpha value is -3.41. The maximum absolute atomic E-state index is 12.4. The van der Waals surface area contributed by atoms with Crippen LogP contribution in [0, 0.1) is 13.8 Å². The second kappa shape index (κ2) is 8.31. The van der Waals surface area contributed by atoms with Gasteiger partial charge in [0.15, 0.2) is 0 Å². The summed E-state index contributed by atoms with van der Waals surface area (Å²) < 4.78 is 5.72. The normalized spacial score (nSPS) is 10.4. The predicted octanol–water partition coefficient (Wildman–Crippen LogP) is 3.26. The van der Waals surface area contributed by atoms with Gasteiger partial charge >= 0.3 is 0 Å². The standard InChI is InChI=1S/C21H21N3O3/c1-14-13-15(2)23-20(25)19(14)21(26)24-17-3-5-18(6-4-17)27-12-9-16-7-10-22-11-8-16/h3-8,10-11,13H,9,12H2,1-2H3,(H,23,25)(H,24,26). The number of anilines is 1. The van der Waals surface area contributed by atoms with Gasteiger partial charge in [0.05, 0.1) is 6.61 Å². The molecule has 0 saturated carbocycles. The Kier molecular flexibility index (Phi) is 5.66. The summed E-state index contributed by atoms with van der Waals surface area (Å²) in [6, 6.07) is 12.8. The minimum Gasteiger partial charge on any atom is -0.493 e. The second-order valence-corrected chi connectivity index (χ2v) is 6.27. The number of nitrogens with zero attached hydrogens (tertiary/aromatic N) is 1. The van der Waals surface area contributed by atoms with E-state index in [0.717, 1.165) is 17.7 Å². The monoisotopic (exact) mass is 363 g/mol. The van der Waals surface area contributed by atoms with Crippen molar-refractivity contribution in [3.63, 3.8) is 0 Å². The van der Waals surface area contributed by atoms with Gasteiger partial charge in [-0.05, 0) is 67.4 Å². The highest BCUT2D eigenvalue weighted by atomic mass is 16.5. The molecule has 0 aliphatic rings. The molecule has 0 radical (unpaired) electrons. The number of rotatable bonds is 6. The molecule has 0 saturated heterocycles. The van der Waals surface area contributed by atoms with Gasteiger partial charge in [-0.25, -0.2) is 0 Å². The molecule has 138 valence electrons. The number of aromatic amines is 1. The summed E-state index contributed by atoms with van der Waals surface area (Å²) in [5, 5.41) is 2.75. The molecule has 0 atom stereocenters.